The van der Waals surface area contributed by atoms with Gasteiger partial charge in [0.05, 0.1) is 11.0 Å². The van der Waals surface area contributed by atoms with Gasteiger partial charge in [-0.1, -0.05) is 140 Å². The normalized spacial score (nSPS) is 11.3. The number of nitrogens with zero attached hydrogens (tertiary/aromatic N) is 4. The maximum Gasteiger partial charge on any atom is 0.164 e. The second-order valence-corrected chi connectivity index (χ2v) is 12.1. The lowest BCUT2D eigenvalue weighted by Crippen LogP contribution is -2.00. The van der Waals surface area contributed by atoms with E-state index in [9.17, 15) is 0 Å². The molecule has 2 aromatic heterocycles. The molecule has 2 heterocycles. The van der Waals surface area contributed by atoms with Crippen molar-refractivity contribution in [2.24, 2.45) is 0 Å². The third-order valence-electron chi connectivity index (χ3n) is 9.04. The van der Waals surface area contributed by atoms with Crippen LogP contribution in [0.3, 0.4) is 0 Å². The molecule has 0 amide bonds. The predicted molar refractivity (Wildman–Crippen MR) is 201 cm³/mol. The van der Waals surface area contributed by atoms with Gasteiger partial charge in [0.1, 0.15) is 0 Å². The lowest BCUT2D eigenvalue weighted by atomic mass is 9.97. The van der Waals surface area contributed by atoms with E-state index in [0.717, 1.165) is 33.5 Å². The molecule has 0 saturated carbocycles. The first-order chi connectivity index (χ1) is 24.3. The molecule has 0 radical (unpaired) electrons. The van der Waals surface area contributed by atoms with Crippen LogP contribution in [0.4, 0.5) is 0 Å². The molecule has 0 spiro atoms. The maximum atomic E-state index is 4.95. The summed E-state index contributed by atoms with van der Waals surface area (Å²) in [5.41, 5.74) is 11.0. The summed E-state index contributed by atoms with van der Waals surface area (Å²) >= 11 is 0. The molecular weight excluding hydrogens is 597 g/mol. The zero-order chi connectivity index (χ0) is 32.6. The summed E-state index contributed by atoms with van der Waals surface area (Å²) in [6, 6.07) is 63.5. The fraction of sp³-hybridized carbons (Fsp3) is 0. The number of benzene rings is 7. The van der Waals surface area contributed by atoms with Gasteiger partial charge in [-0.3, -0.25) is 0 Å². The first kappa shape index (κ1) is 28.6. The molecule has 0 unspecified atom stereocenters. The van der Waals surface area contributed by atoms with E-state index in [-0.39, 0.29) is 0 Å². The molecule has 0 aliphatic carbocycles. The molecule has 9 aromatic rings. The fourth-order valence-electron chi connectivity index (χ4n) is 6.66. The van der Waals surface area contributed by atoms with Crippen molar-refractivity contribution in [3.05, 3.63) is 182 Å². The summed E-state index contributed by atoms with van der Waals surface area (Å²) in [6.45, 7) is 0. The van der Waals surface area contributed by atoms with Gasteiger partial charge in [-0.2, -0.15) is 0 Å². The Balaban J connectivity index is 1.12. The Labute approximate surface area is 284 Å². The Morgan fingerprint density at radius 2 is 0.714 bits per heavy atom. The highest BCUT2D eigenvalue weighted by atomic mass is 15.0. The van der Waals surface area contributed by atoms with Crippen molar-refractivity contribution < 1.29 is 0 Å². The third kappa shape index (κ3) is 5.35. The first-order valence-corrected chi connectivity index (χ1v) is 16.5. The Morgan fingerprint density at radius 1 is 0.286 bits per heavy atom. The van der Waals surface area contributed by atoms with Crippen molar-refractivity contribution in [2.45, 2.75) is 0 Å². The van der Waals surface area contributed by atoms with Crippen LogP contribution in [0.15, 0.2) is 182 Å². The summed E-state index contributed by atoms with van der Waals surface area (Å²) in [5, 5.41) is 2.48. The SMILES string of the molecule is c1ccc(-c2nc(-c3ccccc3)nc(-c3cccc(-c4cccc(-c5ccc6c(c5)c5ccccc5n6-c5ccccc5)c4)c3)n2)cc1. The lowest BCUT2D eigenvalue weighted by Gasteiger charge is -2.11. The van der Waals surface area contributed by atoms with Crippen LogP contribution in [0.2, 0.25) is 0 Å². The van der Waals surface area contributed by atoms with Crippen LogP contribution in [0.1, 0.15) is 0 Å². The van der Waals surface area contributed by atoms with Gasteiger partial charge in [0.2, 0.25) is 0 Å². The van der Waals surface area contributed by atoms with E-state index in [1.54, 1.807) is 0 Å². The van der Waals surface area contributed by atoms with Gasteiger partial charge in [-0.15, -0.1) is 0 Å². The highest BCUT2D eigenvalue weighted by Gasteiger charge is 2.15. The molecule has 49 heavy (non-hydrogen) atoms. The van der Waals surface area contributed by atoms with Crippen LogP contribution < -0.4 is 0 Å². The van der Waals surface area contributed by atoms with Gasteiger partial charge in [-0.05, 0) is 64.7 Å². The highest BCUT2D eigenvalue weighted by molar-refractivity contribution is 6.10. The molecule has 9 rings (SSSR count). The molecule has 0 bridgehead atoms. The molecule has 4 nitrogen and oxygen atoms in total. The largest absolute Gasteiger partial charge is 0.309 e. The maximum absolute atomic E-state index is 4.95. The van der Waals surface area contributed by atoms with Gasteiger partial charge < -0.3 is 4.57 Å². The van der Waals surface area contributed by atoms with E-state index in [1.807, 2.05) is 60.7 Å². The van der Waals surface area contributed by atoms with Crippen LogP contribution in [0.25, 0.3) is 83.9 Å². The standard InChI is InChI=1S/C45H30N4/c1-4-14-31(15-5-1)43-46-44(32-16-6-2-7-17-32)48-45(47-43)37-21-13-20-35(29-37)33-18-12-19-34(28-33)36-26-27-42-40(30-36)39-24-10-11-25-41(39)49(42)38-22-8-3-9-23-38/h1-30H. The zero-order valence-corrected chi connectivity index (χ0v) is 26.6. The van der Waals surface area contributed by atoms with Crippen molar-refractivity contribution in [2.75, 3.05) is 0 Å². The highest BCUT2D eigenvalue weighted by Crippen LogP contribution is 2.36. The van der Waals surface area contributed by atoms with Crippen molar-refractivity contribution in [1.82, 2.24) is 19.5 Å². The molecule has 0 aliphatic rings. The average Bonchev–Trinajstić information content (AvgIpc) is 3.52. The number of fused-ring (bicyclic) bond motifs is 3. The summed E-state index contributed by atoms with van der Waals surface area (Å²) in [4.78, 5) is 14.8. The van der Waals surface area contributed by atoms with E-state index in [2.05, 4.69) is 126 Å². The van der Waals surface area contributed by atoms with E-state index in [1.165, 1.54) is 32.9 Å². The first-order valence-electron chi connectivity index (χ1n) is 16.5. The number of hydrogen-bond donors (Lipinski definition) is 0. The predicted octanol–water partition coefficient (Wildman–Crippen LogP) is 11.3. The lowest BCUT2D eigenvalue weighted by molar-refractivity contribution is 1.07. The van der Waals surface area contributed by atoms with Crippen LogP contribution >= 0.6 is 0 Å². The quantitative estimate of drug-likeness (QED) is 0.184. The Hall–Kier alpha value is -6.65. The van der Waals surface area contributed by atoms with Gasteiger partial charge in [0, 0.05) is 33.2 Å². The van der Waals surface area contributed by atoms with E-state index in [4.69, 9.17) is 15.0 Å². The zero-order valence-electron chi connectivity index (χ0n) is 26.6. The van der Waals surface area contributed by atoms with Crippen LogP contribution in [-0.4, -0.2) is 19.5 Å². The number of hydrogen-bond acceptors (Lipinski definition) is 3. The number of aromatic nitrogens is 4. The smallest absolute Gasteiger partial charge is 0.164 e. The average molecular weight is 627 g/mol. The Bertz CT molecular complexity index is 2530. The Morgan fingerprint density at radius 3 is 1.33 bits per heavy atom. The fourth-order valence-corrected chi connectivity index (χ4v) is 6.66. The minimum absolute atomic E-state index is 0.644. The monoisotopic (exact) mass is 626 g/mol. The second-order valence-electron chi connectivity index (χ2n) is 12.1. The van der Waals surface area contributed by atoms with Crippen molar-refractivity contribution in [3.63, 3.8) is 0 Å². The molecule has 4 heteroatoms. The topological polar surface area (TPSA) is 43.6 Å². The summed E-state index contributed by atoms with van der Waals surface area (Å²) in [5.74, 6) is 1.95. The second kappa shape index (κ2) is 12.2. The van der Waals surface area contributed by atoms with Gasteiger partial charge in [-0.25, -0.2) is 15.0 Å². The van der Waals surface area contributed by atoms with E-state index >= 15 is 0 Å². The number of para-hydroxylation sites is 2. The van der Waals surface area contributed by atoms with Crippen LogP contribution in [0.5, 0.6) is 0 Å². The Kier molecular flexibility index (Phi) is 7.10. The molecule has 0 N–H and O–H groups in total. The molecule has 0 aliphatic heterocycles. The molecule has 7 aromatic carbocycles. The van der Waals surface area contributed by atoms with Crippen molar-refractivity contribution in [1.29, 1.82) is 0 Å². The van der Waals surface area contributed by atoms with Crippen molar-refractivity contribution in [3.8, 4) is 62.1 Å². The minimum Gasteiger partial charge on any atom is -0.309 e. The molecule has 0 atom stereocenters. The third-order valence-corrected chi connectivity index (χ3v) is 9.04. The summed E-state index contributed by atoms with van der Waals surface area (Å²) in [6.07, 6.45) is 0. The summed E-state index contributed by atoms with van der Waals surface area (Å²) < 4.78 is 2.35. The van der Waals surface area contributed by atoms with E-state index in [0.29, 0.717) is 17.5 Å². The molecular formula is C45H30N4. The number of rotatable bonds is 6. The van der Waals surface area contributed by atoms with E-state index < -0.39 is 0 Å². The van der Waals surface area contributed by atoms with Gasteiger partial charge in [0.15, 0.2) is 17.5 Å². The molecule has 0 saturated heterocycles. The molecule has 0 fully saturated rings. The van der Waals surface area contributed by atoms with Gasteiger partial charge in [0.25, 0.3) is 0 Å². The van der Waals surface area contributed by atoms with Crippen molar-refractivity contribution >= 4 is 21.8 Å². The molecule has 230 valence electrons. The summed E-state index contributed by atoms with van der Waals surface area (Å²) in [7, 11) is 0. The van der Waals surface area contributed by atoms with Gasteiger partial charge >= 0.3 is 0 Å². The minimum atomic E-state index is 0.644. The van der Waals surface area contributed by atoms with Crippen LogP contribution in [0, 0.1) is 0 Å². The van der Waals surface area contributed by atoms with Crippen LogP contribution in [-0.2, 0) is 0 Å².